The summed E-state index contributed by atoms with van der Waals surface area (Å²) in [4.78, 5) is 28.2. The summed E-state index contributed by atoms with van der Waals surface area (Å²) in [7, 11) is 0. The molecule has 1 heterocycles. The van der Waals surface area contributed by atoms with Gasteiger partial charge >= 0.3 is 0 Å². The number of nitrogens with zero attached hydrogens (tertiary/aromatic N) is 1. The fraction of sp³-hybridized carbons (Fsp3) is 0.241. The summed E-state index contributed by atoms with van der Waals surface area (Å²) in [6.07, 6.45) is 0. The zero-order valence-electron chi connectivity index (χ0n) is 20.5. The lowest BCUT2D eigenvalue weighted by molar-refractivity contribution is -0.140. The predicted octanol–water partition coefficient (Wildman–Crippen LogP) is 7.10. The Hall–Kier alpha value is -3.28. The number of hydrogen-bond donors (Lipinski definition) is 1. The van der Waals surface area contributed by atoms with Gasteiger partial charge in [0.1, 0.15) is 17.1 Å². The lowest BCUT2D eigenvalue weighted by atomic mass is 9.94. The molecule has 1 unspecified atom stereocenters. The Morgan fingerprint density at radius 2 is 1.69 bits per heavy atom. The van der Waals surface area contributed by atoms with E-state index in [1.165, 1.54) is 17.0 Å². The van der Waals surface area contributed by atoms with Gasteiger partial charge < -0.3 is 14.7 Å². The van der Waals surface area contributed by atoms with Crippen LogP contribution < -0.4 is 4.74 Å². The highest BCUT2D eigenvalue weighted by Gasteiger charge is 2.46. The molecule has 1 aliphatic heterocycles. The first-order valence-electron chi connectivity index (χ1n) is 11.5. The molecule has 1 fully saturated rings. The Morgan fingerprint density at radius 1 is 0.972 bits per heavy atom. The fourth-order valence-corrected chi connectivity index (χ4v) is 4.57. The van der Waals surface area contributed by atoms with E-state index in [2.05, 4.69) is 0 Å². The van der Waals surface area contributed by atoms with Crippen molar-refractivity contribution < 1.29 is 19.4 Å². The molecule has 186 valence electrons. The van der Waals surface area contributed by atoms with E-state index in [-0.39, 0.29) is 22.9 Å². The van der Waals surface area contributed by atoms with Gasteiger partial charge in [0.05, 0.1) is 28.2 Å². The number of para-hydroxylation sites is 1. The number of likely N-dealkylation sites (tertiary alicyclic amines) is 1. The number of amides is 1. The van der Waals surface area contributed by atoms with Crippen LogP contribution in [0.15, 0.2) is 72.3 Å². The van der Waals surface area contributed by atoms with Crippen molar-refractivity contribution in [3.63, 3.8) is 0 Å². The van der Waals surface area contributed by atoms with E-state index < -0.39 is 23.3 Å². The summed E-state index contributed by atoms with van der Waals surface area (Å²) >= 11 is 12.2. The fourth-order valence-electron chi connectivity index (χ4n) is 4.28. The molecule has 5 nitrogen and oxygen atoms in total. The summed E-state index contributed by atoms with van der Waals surface area (Å²) in [5, 5.41) is 11.8. The molecule has 3 aromatic carbocycles. The van der Waals surface area contributed by atoms with Crippen LogP contribution in [0.4, 0.5) is 0 Å². The van der Waals surface area contributed by atoms with Crippen LogP contribution in [0.3, 0.4) is 0 Å². The number of halogens is 2. The summed E-state index contributed by atoms with van der Waals surface area (Å²) < 4.78 is 6.12. The lowest BCUT2D eigenvalue weighted by Crippen LogP contribution is -2.30. The van der Waals surface area contributed by atoms with Gasteiger partial charge in [-0.05, 0) is 57.5 Å². The average Bonchev–Trinajstić information content (AvgIpc) is 3.05. The van der Waals surface area contributed by atoms with Crippen LogP contribution in [0, 0.1) is 6.92 Å². The number of hydrogen-bond acceptors (Lipinski definition) is 4. The Bertz CT molecular complexity index is 1370. The molecule has 36 heavy (non-hydrogen) atoms. The number of aliphatic hydroxyl groups is 1. The van der Waals surface area contributed by atoms with E-state index in [9.17, 15) is 14.7 Å². The summed E-state index contributed by atoms with van der Waals surface area (Å²) in [6, 6.07) is 18.8. The minimum Gasteiger partial charge on any atom is -0.507 e. The zero-order chi connectivity index (χ0) is 26.2. The smallest absolute Gasteiger partial charge is 0.295 e. The van der Waals surface area contributed by atoms with Crippen LogP contribution in [0.25, 0.3) is 5.76 Å². The van der Waals surface area contributed by atoms with Crippen molar-refractivity contribution in [2.45, 2.75) is 45.9 Å². The van der Waals surface area contributed by atoms with Crippen molar-refractivity contribution in [2.24, 2.45) is 0 Å². The second-order valence-electron chi connectivity index (χ2n) is 9.79. The van der Waals surface area contributed by atoms with Gasteiger partial charge in [0.2, 0.25) is 0 Å². The van der Waals surface area contributed by atoms with Gasteiger partial charge in [0, 0.05) is 11.1 Å². The molecule has 0 radical (unpaired) electrons. The number of rotatable bonds is 5. The maximum absolute atomic E-state index is 13.4. The van der Waals surface area contributed by atoms with Crippen LogP contribution in [-0.4, -0.2) is 27.3 Å². The summed E-state index contributed by atoms with van der Waals surface area (Å²) in [5.74, 6) is -1.15. The third kappa shape index (κ3) is 5.28. The zero-order valence-corrected chi connectivity index (χ0v) is 22.0. The van der Waals surface area contributed by atoms with Crippen LogP contribution in [0.1, 0.15) is 49.1 Å². The number of benzene rings is 3. The minimum atomic E-state index is -0.804. The first-order chi connectivity index (χ1) is 17.0. The van der Waals surface area contributed by atoms with Crippen molar-refractivity contribution in [1.29, 1.82) is 0 Å². The van der Waals surface area contributed by atoms with Crippen LogP contribution in [0.5, 0.6) is 5.75 Å². The molecule has 4 rings (SSSR count). The third-order valence-electron chi connectivity index (χ3n) is 5.82. The Morgan fingerprint density at radius 3 is 2.36 bits per heavy atom. The molecule has 0 aliphatic carbocycles. The van der Waals surface area contributed by atoms with Crippen molar-refractivity contribution in [3.8, 4) is 5.75 Å². The van der Waals surface area contributed by atoms with E-state index in [0.29, 0.717) is 21.9 Å². The van der Waals surface area contributed by atoms with E-state index in [0.717, 1.165) is 11.1 Å². The van der Waals surface area contributed by atoms with Gasteiger partial charge in [-0.25, -0.2) is 0 Å². The molecule has 0 saturated carbocycles. The maximum Gasteiger partial charge on any atom is 0.295 e. The van der Waals surface area contributed by atoms with E-state index >= 15 is 0 Å². The van der Waals surface area contributed by atoms with Gasteiger partial charge in [0.25, 0.3) is 11.7 Å². The van der Waals surface area contributed by atoms with E-state index in [4.69, 9.17) is 27.9 Å². The first-order valence-corrected chi connectivity index (χ1v) is 12.3. The topological polar surface area (TPSA) is 66.8 Å². The van der Waals surface area contributed by atoms with Crippen molar-refractivity contribution in [2.75, 3.05) is 0 Å². The number of aryl methyl sites for hydroxylation is 1. The molecule has 3 aromatic rings. The number of carbonyl (C=O) groups is 2. The van der Waals surface area contributed by atoms with Gasteiger partial charge in [-0.15, -0.1) is 0 Å². The van der Waals surface area contributed by atoms with Gasteiger partial charge in [-0.3, -0.25) is 9.59 Å². The monoisotopic (exact) mass is 523 g/mol. The molecule has 7 heteroatoms. The first kappa shape index (κ1) is 25.8. The standard InChI is InChI=1S/C29H27Cl2NO4/c1-17-8-7-10-18(14-17)25-24(26(33)19-12-13-21(30)22(31)15-19)27(34)28(35)32(25)16-20-9-5-6-11-23(20)36-29(2,3)4/h5-15,25,33H,16H2,1-4H3/b26-24-. The normalized spacial score (nSPS) is 17.5. The van der Waals surface area contributed by atoms with E-state index in [1.807, 2.05) is 76.2 Å². The van der Waals surface area contributed by atoms with Crippen LogP contribution in [0.2, 0.25) is 10.0 Å². The number of carbonyl (C=O) groups excluding carboxylic acids is 2. The van der Waals surface area contributed by atoms with E-state index in [1.54, 1.807) is 6.07 Å². The quantitative estimate of drug-likeness (QED) is 0.220. The average molecular weight is 524 g/mol. The highest BCUT2D eigenvalue weighted by atomic mass is 35.5. The van der Waals surface area contributed by atoms with Crippen molar-refractivity contribution in [3.05, 3.63) is 105 Å². The SMILES string of the molecule is Cc1cccc(C2/C(=C(/O)c3ccc(Cl)c(Cl)c3)C(=O)C(=O)N2Cc2ccccc2OC(C)(C)C)c1. The van der Waals surface area contributed by atoms with Crippen molar-refractivity contribution in [1.82, 2.24) is 4.90 Å². The second kappa shape index (κ2) is 10.00. The van der Waals surface area contributed by atoms with Crippen molar-refractivity contribution >= 4 is 40.7 Å². The summed E-state index contributed by atoms with van der Waals surface area (Å²) in [6.45, 7) is 7.88. The molecule has 1 aliphatic rings. The Kier molecular flexibility index (Phi) is 7.17. The van der Waals surface area contributed by atoms with Gasteiger partial charge in [-0.1, -0.05) is 71.2 Å². The highest BCUT2D eigenvalue weighted by molar-refractivity contribution is 6.46. The number of Topliss-reactive ketones (excluding diaryl/α,β-unsaturated/α-hetero) is 1. The van der Waals surface area contributed by atoms with Gasteiger partial charge in [-0.2, -0.15) is 0 Å². The lowest BCUT2D eigenvalue weighted by Gasteiger charge is -2.28. The molecule has 1 amide bonds. The van der Waals surface area contributed by atoms with Crippen LogP contribution >= 0.6 is 23.2 Å². The number of ketones is 1. The number of aliphatic hydroxyl groups excluding tert-OH is 1. The van der Waals surface area contributed by atoms with Gasteiger partial charge in [0.15, 0.2) is 0 Å². The molecule has 1 atom stereocenters. The Balaban J connectivity index is 1.86. The maximum atomic E-state index is 13.4. The van der Waals surface area contributed by atoms with Crippen LogP contribution in [-0.2, 0) is 16.1 Å². The Labute approximate surface area is 220 Å². The molecule has 0 bridgehead atoms. The third-order valence-corrected chi connectivity index (χ3v) is 6.56. The highest BCUT2D eigenvalue weighted by Crippen LogP contribution is 2.42. The molecule has 0 aromatic heterocycles. The predicted molar refractivity (Wildman–Crippen MR) is 142 cm³/mol. The molecule has 0 spiro atoms. The summed E-state index contributed by atoms with van der Waals surface area (Å²) in [5.41, 5.74) is 2.28. The molecular weight excluding hydrogens is 497 g/mol. The second-order valence-corrected chi connectivity index (χ2v) is 10.6. The molecule has 1 N–H and O–H groups in total. The minimum absolute atomic E-state index is 0.00166. The molecular formula is C29H27Cl2NO4. The number of ether oxygens (including phenoxy) is 1. The largest absolute Gasteiger partial charge is 0.507 e. The molecule has 1 saturated heterocycles.